The predicted molar refractivity (Wildman–Crippen MR) is 69.8 cm³/mol. The second kappa shape index (κ2) is 4.91. The molecule has 2 heteroatoms. The van der Waals surface area contributed by atoms with Crippen LogP contribution in [-0.4, -0.2) is 11.6 Å². The fraction of sp³-hybridized carbons (Fsp3) is 0.867. The molecule has 1 aliphatic rings. The Hall–Kier alpha value is -0.660. The Kier molecular flexibility index (Phi) is 4.16. The van der Waals surface area contributed by atoms with Gasteiger partial charge in [0.15, 0.2) is 0 Å². The molecule has 0 aromatic rings. The Morgan fingerprint density at radius 2 is 1.35 bits per heavy atom. The maximum atomic E-state index is 12.4. The molecule has 0 aromatic heterocycles. The Labute approximate surface area is 105 Å². The Morgan fingerprint density at radius 3 is 1.65 bits per heavy atom. The van der Waals surface area contributed by atoms with E-state index in [-0.39, 0.29) is 22.9 Å². The van der Waals surface area contributed by atoms with E-state index < -0.39 is 5.41 Å². The third-order valence-electron chi connectivity index (χ3n) is 5.47. The zero-order valence-electron chi connectivity index (χ0n) is 11.9. The average Bonchev–Trinajstić information content (AvgIpc) is 2.55. The molecule has 2 nitrogen and oxygen atoms in total. The SMILES string of the molecule is CCC1C(=O)C(=O)C(CC)(CC)C1(CC)CC. The molecule has 0 aromatic carbocycles. The summed E-state index contributed by atoms with van der Waals surface area (Å²) in [5, 5.41) is 0. The van der Waals surface area contributed by atoms with E-state index >= 15 is 0 Å². The molecule has 0 radical (unpaired) electrons. The lowest BCUT2D eigenvalue weighted by Gasteiger charge is -2.45. The first-order valence-electron chi connectivity index (χ1n) is 7.09. The van der Waals surface area contributed by atoms with Crippen LogP contribution in [-0.2, 0) is 9.59 Å². The molecule has 0 spiro atoms. The summed E-state index contributed by atoms with van der Waals surface area (Å²) >= 11 is 0. The highest BCUT2D eigenvalue weighted by molar-refractivity contribution is 6.42. The van der Waals surface area contributed by atoms with Gasteiger partial charge >= 0.3 is 0 Å². The summed E-state index contributed by atoms with van der Waals surface area (Å²) < 4.78 is 0. The second-order valence-electron chi connectivity index (χ2n) is 5.31. The molecular weight excluding hydrogens is 212 g/mol. The predicted octanol–water partition coefficient (Wildman–Crippen LogP) is 3.78. The monoisotopic (exact) mass is 238 g/mol. The second-order valence-corrected chi connectivity index (χ2v) is 5.31. The van der Waals surface area contributed by atoms with Crippen molar-refractivity contribution in [2.24, 2.45) is 16.7 Å². The van der Waals surface area contributed by atoms with Crippen molar-refractivity contribution in [3.05, 3.63) is 0 Å². The highest BCUT2D eigenvalue weighted by Gasteiger charge is 2.64. The van der Waals surface area contributed by atoms with Crippen LogP contribution in [0.1, 0.15) is 66.7 Å². The third kappa shape index (κ3) is 1.52. The number of Topliss-reactive ketones (excluding diaryl/α,β-unsaturated/α-hetero) is 2. The lowest BCUT2D eigenvalue weighted by molar-refractivity contribution is -0.140. The Balaban J connectivity index is 3.45. The molecule has 0 amide bonds. The van der Waals surface area contributed by atoms with Crippen LogP contribution in [0.3, 0.4) is 0 Å². The van der Waals surface area contributed by atoms with Gasteiger partial charge in [0.1, 0.15) is 0 Å². The van der Waals surface area contributed by atoms with E-state index in [4.69, 9.17) is 0 Å². The zero-order valence-corrected chi connectivity index (χ0v) is 11.9. The zero-order chi connectivity index (χ0) is 13.3. The van der Waals surface area contributed by atoms with E-state index in [9.17, 15) is 9.59 Å². The van der Waals surface area contributed by atoms with Crippen LogP contribution in [0.4, 0.5) is 0 Å². The van der Waals surface area contributed by atoms with Crippen LogP contribution in [0.5, 0.6) is 0 Å². The summed E-state index contributed by atoms with van der Waals surface area (Å²) in [6, 6.07) is 0. The van der Waals surface area contributed by atoms with E-state index in [0.717, 1.165) is 32.1 Å². The molecule has 0 aliphatic heterocycles. The third-order valence-corrected chi connectivity index (χ3v) is 5.47. The first kappa shape index (κ1) is 14.4. The number of ketones is 2. The van der Waals surface area contributed by atoms with Gasteiger partial charge in [0, 0.05) is 11.3 Å². The Morgan fingerprint density at radius 1 is 0.882 bits per heavy atom. The maximum absolute atomic E-state index is 12.4. The van der Waals surface area contributed by atoms with Crippen LogP contribution in [0.15, 0.2) is 0 Å². The summed E-state index contributed by atoms with van der Waals surface area (Å²) in [7, 11) is 0. The number of hydrogen-bond acceptors (Lipinski definition) is 2. The summed E-state index contributed by atoms with van der Waals surface area (Å²) in [6.07, 6.45) is 4.26. The van der Waals surface area contributed by atoms with E-state index in [1.54, 1.807) is 0 Å². The van der Waals surface area contributed by atoms with Gasteiger partial charge < -0.3 is 0 Å². The van der Waals surface area contributed by atoms with Crippen molar-refractivity contribution in [3.8, 4) is 0 Å². The fourth-order valence-electron chi connectivity index (χ4n) is 4.48. The quantitative estimate of drug-likeness (QED) is 0.683. The van der Waals surface area contributed by atoms with Crippen LogP contribution in [0, 0.1) is 16.7 Å². The fourth-order valence-corrected chi connectivity index (χ4v) is 4.48. The topological polar surface area (TPSA) is 34.1 Å². The van der Waals surface area contributed by atoms with Crippen molar-refractivity contribution in [2.75, 3.05) is 0 Å². The molecule has 1 atom stereocenters. The molecular formula is C15H26O2. The molecule has 1 rings (SSSR count). The first-order valence-corrected chi connectivity index (χ1v) is 7.09. The van der Waals surface area contributed by atoms with Crippen molar-refractivity contribution in [2.45, 2.75) is 66.7 Å². The minimum atomic E-state index is -0.395. The normalized spacial score (nSPS) is 26.5. The molecule has 0 bridgehead atoms. The molecule has 0 N–H and O–H groups in total. The molecule has 1 saturated carbocycles. The lowest BCUT2D eigenvalue weighted by atomic mass is 9.56. The number of hydrogen-bond donors (Lipinski definition) is 0. The Bertz CT molecular complexity index is 309. The number of carbonyl (C=O) groups is 2. The summed E-state index contributed by atoms with van der Waals surface area (Å²) in [6.45, 7) is 10.4. The molecule has 1 fully saturated rings. The minimum Gasteiger partial charge on any atom is -0.291 e. The molecule has 0 heterocycles. The minimum absolute atomic E-state index is 0.0510. The highest BCUT2D eigenvalue weighted by atomic mass is 16.2. The summed E-state index contributed by atoms with van der Waals surface area (Å²) in [5.41, 5.74) is -0.492. The van der Waals surface area contributed by atoms with E-state index in [1.807, 2.05) is 6.92 Å². The van der Waals surface area contributed by atoms with Crippen LogP contribution < -0.4 is 0 Å². The van der Waals surface area contributed by atoms with Crippen LogP contribution >= 0.6 is 0 Å². The van der Waals surface area contributed by atoms with Gasteiger partial charge in [-0.25, -0.2) is 0 Å². The van der Waals surface area contributed by atoms with Gasteiger partial charge in [0.2, 0.25) is 11.6 Å². The van der Waals surface area contributed by atoms with Gasteiger partial charge in [-0.3, -0.25) is 9.59 Å². The maximum Gasteiger partial charge on any atom is 0.205 e. The lowest BCUT2D eigenvalue weighted by Crippen LogP contribution is -2.43. The van der Waals surface area contributed by atoms with Crippen molar-refractivity contribution in [1.29, 1.82) is 0 Å². The van der Waals surface area contributed by atoms with Crippen molar-refractivity contribution >= 4 is 11.6 Å². The molecule has 17 heavy (non-hydrogen) atoms. The van der Waals surface area contributed by atoms with E-state index in [2.05, 4.69) is 27.7 Å². The van der Waals surface area contributed by atoms with Crippen LogP contribution in [0.25, 0.3) is 0 Å². The van der Waals surface area contributed by atoms with Gasteiger partial charge in [-0.1, -0.05) is 34.6 Å². The van der Waals surface area contributed by atoms with Gasteiger partial charge in [-0.2, -0.15) is 0 Å². The summed E-state index contributed by atoms with van der Waals surface area (Å²) in [4.78, 5) is 24.7. The van der Waals surface area contributed by atoms with Gasteiger partial charge in [-0.15, -0.1) is 0 Å². The van der Waals surface area contributed by atoms with E-state index in [1.165, 1.54) is 0 Å². The van der Waals surface area contributed by atoms with Gasteiger partial charge in [0.05, 0.1) is 0 Å². The smallest absolute Gasteiger partial charge is 0.205 e. The first-order chi connectivity index (χ1) is 8.01. The largest absolute Gasteiger partial charge is 0.291 e. The van der Waals surface area contributed by atoms with Crippen molar-refractivity contribution < 1.29 is 9.59 Å². The summed E-state index contributed by atoms with van der Waals surface area (Å²) in [5.74, 6) is -0.233. The van der Waals surface area contributed by atoms with Gasteiger partial charge in [-0.05, 0) is 37.5 Å². The number of carbonyl (C=O) groups excluding carboxylic acids is 2. The molecule has 98 valence electrons. The highest BCUT2D eigenvalue weighted by Crippen LogP contribution is 2.61. The van der Waals surface area contributed by atoms with Crippen LogP contribution in [0.2, 0.25) is 0 Å². The average molecular weight is 238 g/mol. The molecule has 0 saturated heterocycles. The molecule has 1 unspecified atom stereocenters. The standard InChI is InChI=1S/C15H26O2/c1-6-11-12(16)13(17)15(9-4,10-5)14(11,7-2)8-3/h11H,6-10H2,1-5H3. The van der Waals surface area contributed by atoms with Crippen molar-refractivity contribution in [3.63, 3.8) is 0 Å². The van der Waals surface area contributed by atoms with E-state index in [0.29, 0.717) is 0 Å². The molecule has 1 aliphatic carbocycles. The number of rotatable bonds is 5. The van der Waals surface area contributed by atoms with Crippen molar-refractivity contribution in [1.82, 2.24) is 0 Å². The van der Waals surface area contributed by atoms with Gasteiger partial charge in [0.25, 0.3) is 0 Å².